The van der Waals surface area contributed by atoms with Crippen molar-refractivity contribution >= 4 is 0 Å². The molecule has 0 aliphatic heterocycles. The van der Waals surface area contributed by atoms with Gasteiger partial charge in [-0.2, -0.15) is 4.98 Å². The number of hydrogen-bond donors (Lipinski definition) is 1. The van der Waals surface area contributed by atoms with Gasteiger partial charge in [0.1, 0.15) is 0 Å². The van der Waals surface area contributed by atoms with E-state index in [1.165, 1.54) is 18.4 Å². The highest BCUT2D eigenvalue weighted by Gasteiger charge is 2.35. The van der Waals surface area contributed by atoms with Gasteiger partial charge in [0.05, 0.1) is 13.2 Å². The van der Waals surface area contributed by atoms with Gasteiger partial charge in [0.2, 0.25) is 5.89 Å². The Morgan fingerprint density at radius 1 is 1.29 bits per heavy atom. The van der Waals surface area contributed by atoms with Gasteiger partial charge in [0, 0.05) is 19.5 Å². The highest BCUT2D eigenvalue weighted by molar-refractivity contribution is 5.15. The summed E-state index contributed by atoms with van der Waals surface area (Å²) in [7, 11) is 0. The first kappa shape index (κ1) is 14.2. The summed E-state index contributed by atoms with van der Waals surface area (Å²) in [6, 6.07) is 10.5. The molecule has 2 aromatic rings. The third-order valence-electron chi connectivity index (χ3n) is 3.96. The van der Waals surface area contributed by atoms with Gasteiger partial charge in [-0.1, -0.05) is 35.5 Å². The lowest BCUT2D eigenvalue weighted by Crippen LogP contribution is -2.39. The average Bonchev–Trinajstić information content (AvgIpc) is 3.24. The fourth-order valence-electron chi connectivity index (χ4n) is 2.74. The molecule has 0 bridgehead atoms. The minimum atomic E-state index is 0.170. The van der Waals surface area contributed by atoms with Crippen LogP contribution in [-0.4, -0.2) is 32.8 Å². The Balaban J connectivity index is 1.76. The molecular weight excluding hydrogens is 266 g/mol. The van der Waals surface area contributed by atoms with E-state index in [0.717, 1.165) is 6.54 Å². The molecular formula is C16H21N3O2. The smallest absolute Gasteiger partial charge is 0.223 e. The second kappa shape index (κ2) is 6.37. The zero-order valence-corrected chi connectivity index (χ0v) is 12.3. The van der Waals surface area contributed by atoms with Crippen molar-refractivity contribution in [1.82, 2.24) is 15.0 Å². The molecule has 1 aliphatic rings. The Labute approximate surface area is 124 Å². The number of rotatable bonds is 7. The van der Waals surface area contributed by atoms with Crippen LogP contribution in [0.1, 0.15) is 30.1 Å². The zero-order chi connectivity index (χ0) is 14.7. The number of benzene rings is 1. The predicted octanol–water partition coefficient (Wildman–Crippen LogP) is 2.15. The number of nitrogens with zero attached hydrogens (tertiary/aromatic N) is 3. The Morgan fingerprint density at radius 3 is 2.62 bits per heavy atom. The van der Waals surface area contributed by atoms with E-state index < -0.39 is 0 Å². The van der Waals surface area contributed by atoms with Crippen molar-refractivity contribution < 1.29 is 9.63 Å². The molecule has 3 rings (SSSR count). The molecule has 0 spiro atoms. The Kier molecular flexibility index (Phi) is 4.31. The fourth-order valence-corrected chi connectivity index (χ4v) is 2.74. The number of aryl methyl sites for hydroxylation is 1. The fraction of sp³-hybridized carbons (Fsp3) is 0.500. The molecule has 5 heteroatoms. The topological polar surface area (TPSA) is 62.4 Å². The second-order valence-corrected chi connectivity index (χ2v) is 5.71. The lowest BCUT2D eigenvalue weighted by atomic mass is 10.1. The maximum Gasteiger partial charge on any atom is 0.223 e. The van der Waals surface area contributed by atoms with Crippen molar-refractivity contribution in [1.29, 1.82) is 0 Å². The molecule has 0 saturated heterocycles. The summed E-state index contributed by atoms with van der Waals surface area (Å²) in [4.78, 5) is 6.55. The van der Waals surface area contributed by atoms with Crippen molar-refractivity contribution in [3.8, 4) is 0 Å². The molecule has 1 unspecified atom stereocenters. The lowest BCUT2D eigenvalue weighted by molar-refractivity contribution is 0.0914. The van der Waals surface area contributed by atoms with Gasteiger partial charge in [0.25, 0.3) is 0 Å². The van der Waals surface area contributed by atoms with E-state index >= 15 is 0 Å². The van der Waals surface area contributed by atoms with E-state index in [4.69, 9.17) is 4.52 Å². The standard InChI is InChI=1S/C16H21N3O2/c1-12-17-16(18-21-12)10-19(15(11-20)14-7-8-14)9-13-5-3-2-4-6-13/h2-6,14-15,20H,7-11H2,1H3. The van der Waals surface area contributed by atoms with Gasteiger partial charge in [0.15, 0.2) is 5.82 Å². The average molecular weight is 287 g/mol. The summed E-state index contributed by atoms with van der Waals surface area (Å²) in [5.74, 6) is 1.85. The van der Waals surface area contributed by atoms with Crippen molar-refractivity contribution in [2.45, 2.75) is 38.9 Å². The first-order valence-electron chi connectivity index (χ1n) is 7.44. The summed E-state index contributed by atoms with van der Waals surface area (Å²) in [6.45, 7) is 3.36. The van der Waals surface area contributed by atoms with Gasteiger partial charge in [-0.3, -0.25) is 4.90 Å². The van der Waals surface area contributed by atoms with Crippen LogP contribution in [0.2, 0.25) is 0 Å². The SMILES string of the molecule is Cc1nc(CN(Cc2ccccc2)C(CO)C2CC2)no1. The second-order valence-electron chi connectivity index (χ2n) is 5.71. The van der Waals surface area contributed by atoms with E-state index in [1.54, 1.807) is 6.92 Å². The largest absolute Gasteiger partial charge is 0.395 e. The van der Waals surface area contributed by atoms with Crippen LogP contribution in [0.4, 0.5) is 0 Å². The van der Waals surface area contributed by atoms with Gasteiger partial charge in [-0.25, -0.2) is 0 Å². The Hall–Kier alpha value is -1.72. The third-order valence-corrected chi connectivity index (χ3v) is 3.96. The maximum atomic E-state index is 9.76. The van der Waals surface area contributed by atoms with Crippen LogP contribution in [0, 0.1) is 12.8 Å². The molecule has 0 radical (unpaired) electrons. The van der Waals surface area contributed by atoms with E-state index in [-0.39, 0.29) is 12.6 Å². The van der Waals surface area contributed by atoms with Gasteiger partial charge in [-0.15, -0.1) is 0 Å². The van der Waals surface area contributed by atoms with E-state index in [0.29, 0.717) is 24.2 Å². The summed E-state index contributed by atoms with van der Waals surface area (Å²) >= 11 is 0. The summed E-state index contributed by atoms with van der Waals surface area (Å²) in [6.07, 6.45) is 2.39. The van der Waals surface area contributed by atoms with Crippen LogP contribution in [0.3, 0.4) is 0 Å². The monoisotopic (exact) mass is 287 g/mol. The molecule has 1 N–H and O–H groups in total. The lowest BCUT2D eigenvalue weighted by Gasteiger charge is -2.29. The molecule has 1 heterocycles. The van der Waals surface area contributed by atoms with Gasteiger partial charge < -0.3 is 9.63 Å². The highest BCUT2D eigenvalue weighted by Crippen LogP contribution is 2.36. The van der Waals surface area contributed by atoms with Crippen LogP contribution in [0.15, 0.2) is 34.9 Å². The first-order valence-corrected chi connectivity index (χ1v) is 7.44. The quantitative estimate of drug-likeness (QED) is 0.845. The van der Waals surface area contributed by atoms with Gasteiger partial charge in [-0.05, 0) is 24.3 Å². The van der Waals surface area contributed by atoms with E-state index in [2.05, 4.69) is 27.2 Å². The van der Waals surface area contributed by atoms with Crippen LogP contribution in [0.5, 0.6) is 0 Å². The van der Waals surface area contributed by atoms with Crippen molar-refractivity contribution in [2.24, 2.45) is 5.92 Å². The maximum absolute atomic E-state index is 9.76. The molecule has 112 valence electrons. The Bertz CT molecular complexity index is 566. The molecule has 1 fully saturated rings. The minimum Gasteiger partial charge on any atom is -0.395 e. The van der Waals surface area contributed by atoms with E-state index in [9.17, 15) is 5.11 Å². The minimum absolute atomic E-state index is 0.170. The molecule has 1 aromatic carbocycles. The summed E-state index contributed by atoms with van der Waals surface area (Å²) in [5, 5.41) is 13.7. The van der Waals surface area contributed by atoms with Crippen LogP contribution >= 0.6 is 0 Å². The third kappa shape index (κ3) is 3.68. The van der Waals surface area contributed by atoms with Crippen molar-refractivity contribution in [2.75, 3.05) is 6.61 Å². The number of aliphatic hydroxyl groups is 1. The first-order chi connectivity index (χ1) is 10.3. The van der Waals surface area contributed by atoms with Crippen LogP contribution in [0.25, 0.3) is 0 Å². The molecule has 1 aromatic heterocycles. The van der Waals surface area contributed by atoms with Crippen molar-refractivity contribution in [3.63, 3.8) is 0 Å². The highest BCUT2D eigenvalue weighted by atomic mass is 16.5. The number of hydrogen-bond acceptors (Lipinski definition) is 5. The summed E-state index contributed by atoms with van der Waals surface area (Å²) < 4.78 is 5.05. The zero-order valence-electron chi connectivity index (χ0n) is 12.3. The number of aromatic nitrogens is 2. The normalized spacial score (nSPS) is 16.3. The molecule has 1 saturated carbocycles. The predicted molar refractivity (Wildman–Crippen MR) is 78.3 cm³/mol. The van der Waals surface area contributed by atoms with Gasteiger partial charge >= 0.3 is 0 Å². The molecule has 0 amide bonds. The van der Waals surface area contributed by atoms with Crippen molar-refractivity contribution in [3.05, 3.63) is 47.6 Å². The molecule has 5 nitrogen and oxygen atoms in total. The summed E-state index contributed by atoms with van der Waals surface area (Å²) in [5.41, 5.74) is 1.23. The van der Waals surface area contributed by atoms with Crippen LogP contribution in [-0.2, 0) is 13.1 Å². The molecule has 1 aliphatic carbocycles. The Morgan fingerprint density at radius 2 is 2.05 bits per heavy atom. The van der Waals surface area contributed by atoms with Crippen LogP contribution < -0.4 is 0 Å². The molecule has 21 heavy (non-hydrogen) atoms. The number of aliphatic hydroxyl groups excluding tert-OH is 1. The molecule has 1 atom stereocenters. The van der Waals surface area contributed by atoms with E-state index in [1.807, 2.05) is 18.2 Å².